The third kappa shape index (κ3) is 4.58. The number of primary amides is 1. The molecule has 0 aliphatic carbocycles. The van der Waals surface area contributed by atoms with Gasteiger partial charge in [-0.3, -0.25) is 9.59 Å². The molecule has 7 heteroatoms. The molecule has 0 bridgehead atoms. The fourth-order valence-electron chi connectivity index (χ4n) is 2.34. The van der Waals surface area contributed by atoms with E-state index in [1.807, 2.05) is 54.6 Å². The zero-order chi connectivity index (χ0) is 17.6. The molecule has 0 saturated heterocycles. The van der Waals surface area contributed by atoms with Crippen LogP contribution in [0.4, 0.5) is 5.69 Å². The molecule has 0 unspecified atom stereocenters. The molecule has 3 aromatic rings. The van der Waals surface area contributed by atoms with Crippen LogP contribution < -0.4 is 10.6 Å². The average Bonchev–Trinajstić information content (AvgIpc) is 3.04. The van der Waals surface area contributed by atoms with E-state index in [1.165, 1.54) is 11.8 Å². The minimum Gasteiger partial charge on any atom is -0.370 e. The predicted molar refractivity (Wildman–Crippen MR) is 103 cm³/mol. The van der Waals surface area contributed by atoms with Crippen LogP contribution in [0.15, 0.2) is 58.9 Å². The summed E-state index contributed by atoms with van der Waals surface area (Å²) in [7, 11) is 0. The summed E-state index contributed by atoms with van der Waals surface area (Å²) in [6.07, 6.45) is 0.131. The van der Waals surface area contributed by atoms with E-state index in [4.69, 9.17) is 5.73 Å². The van der Waals surface area contributed by atoms with E-state index < -0.39 is 5.91 Å². The molecule has 0 spiro atoms. The molecule has 3 rings (SSSR count). The SMILES string of the molecule is NC(=O)CCN(C(=O)CSc1nc2ccccc2s1)c1ccccc1. The Morgan fingerprint density at radius 3 is 2.52 bits per heavy atom. The topological polar surface area (TPSA) is 76.3 Å². The second-order valence-electron chi connectivity index (χ2n) is 5.33. The second-order valence-corrected chi connectivity index (χ2v) is 7.59. The summed E-state index contributed by atoms with van der Waals surface area (Å²) in [4.78, 5) is 29.9. The Labute approximate surface area is 153 Å². The summed E-state index contributed by atoms with van der Waals surface area (Å²) in [5.41, 5.74) is 6.94. The molecule has 0 atom stereocenters. The van der Waals surface area contributed by atoms with Gasteiger partial charge in [0.15, 0.2) is 4.34 Å². The van der Waals surface area contributed by atoms with Crippen LogP contribution >= 0.6 is 23.1 Å². The van der Waals surface area contributed by atoms with E-state index in [0.29, 0.717) is 0 Å². The summed E-state index contributed by atoms with van der Waals surface area (Å²) in [5, 5.41) is 0. The Balaban J connectivity index is 1.69. The highest BCUT2D eigenvalue weighted by Gasteiger charge is 2.17. The number of aromatic nitrogens is 1. The van der Waals surface area contributed by atoms with Gasteiger partial charge in [-0.05, 0) is 24.3 Å². The Kier molecular flexibility index (Phi) is 5.67. The Bertz CT molecular complexity index is 847. The van der Waals surface area contributed by atoms with Crippen molar-refractivity contribution in [1.29, 1.82) is 0 Å². The molecule has 2 N–H and O–H groups in total. The van der Waals surface area contributed by atoms with E-state index in [0.717, 1.165) is 20.2 Å². The molecule has 0 aliphatic heterocycles. The van der Waals surface area contributed by atoms with Gasteiger partial charge >= 0.3 is 0 Å². The molecule has 0 fully saturated rings. The lowest BCUT2D eigenvalue weighted by Crippen LogP contribution is -2.35. The molecule has 0 saturated carbocycles. The summed E-state index contributed by atoms with van der Waals surface area (Å²) in [5.74, 6) is -0.239. The Hall–Kier alpha value is -2.38. The molecule has 2 aromatic carbocycles. The van der Waals surface area contributed by atoms with Crippen LogP contribution in [0, 0.1) is 0 Å². The highest BCUT2D eigenvalue weighted by atomic mass is 32.2. The summed E-state index contributed by atoms with van der Waals surface area (Å²) >= 11 is 2.98. The van der Waals surface area contributed by atoms with Gasteiger partial charge in [0.25, 0.3) is 0 Å². The third-order valence-electron chi connectivity index (χ3n) is 3.54. The number of carbonyl (C=O) groups excluding carboxylic acids is 2. The zero-order valence-electron chi connectivity index (χ0n) is 13.4. The van der Waals surface area contributed by atoms with E-state index >= 15 is 0 Å². The average molecular weight is 371 g/mol. The second kappa shape index (κ2) is 8.13. The first-order valence-electron chi connectivity index (χ1n) is 7.75. The van der Waals surface area contributed by atoms with E-state index in [9.17, 15) is 9.59 Å². The summed E-state index contributed by atoms with van der Waals surface area (Å²) in [6.45, 7) is 0.276. The number of para-hydroxylation sites is 2. The van der Waals surface area contributed by atoms with Crippen LogP contribution in [-0.4, -0.2) is 29.1 Å². The lowest BCUT2D eigenvalue weighted by molar-refractivity contribution is -0.118. The van der Waals surface area contributed by atoms with E-state index in [2.05, 4.69) is 4.98 Å². The minimum atomic E-state index is -0.424. The van der Waals surface area contributed by atoms with Crippen molar-refractivity contribution in [3.8, 4) is 0 Å². The van der Waals surface area contributed by atoms with Crippen molar-refractivity contribution in [2.45, 2.75) is 10.8 Å². The number of nitrogens with two attached hydrogens (primary N) is 1. The zero-order valence-corrected chi connectivity index (χ0v) is 15.1. The first-order valence-corrected chi connectivity index (χ1v) is 9.56. The fraction of sp³-hybridized carbons (Fsp3) is 0.167. The third-order valence-corrected chi connectivity index (χ3v) is 5.71. The molecule has 2 amide bonds. The largest absolute Gasteiger partial charge is 0.370 e. The normalized spacial score (nSPS) is 10.7. The highest BCUT2D eigenvalue weighted by molar-refractivity contribution is 8.01. The molecule has 0 aliphatic rings. The maximum absolute atomic E-state index is 12.7. The van der Waals surface area contributed by atoms with E-state index in [1.54, 1.807) is 16.2 Å². The van der Waals surface area contributed by atoms with Gasteiger partial charge in [-0.15, -0.1) is 11.3 Å². The number of benzene rings is 2. The Morgan fingerprint density at radius 2 is 1.80 bits per heavy atom. The standard InChI is InChI=1S/C18H17N3O2S2/c19-16(22)10-11-21(13-6-2-1-3-7-13)17(23)12-24-18-20-14-8-4-5-9-15(14)25-18/h1-9H,10-12H2,(H2,19,22). The molecule has 25 heavy (non-hydrogen) atoms. The first kappa shape index (κ1) is 17.4. The van der Waals surface area contributed by atoms with Gasteiger partial charge in [0, 0.05) is 18.7 Å². The van der Waals surface area contributed by atoms with Crippen molar-refractivity contribution in [1.82, 2.24) is 4.98 Å². The molecule has 1 heterocycles. The van der Waals surface area contributed by atoms with Gasteiger partial charge in [0.05, 0.1) is 16.0 Å². The summed E-state index contributed by atoms with van der Waals surface area (Å²) < 4.78 is 1.96. The van der Waals surface area contributed by atoms with Gasteiger partial charge in [0.1, 0.15) is 0 Å². The molecular formula is C18H17N3O2S2. The van der Waals surface area contributed by atoms with Crippen molar-refractivity contribution >= 4 is 50.8 Å². The molecule has 5 nitrogen and oxygen atoms in total. The molecular weight excluding hydrogens is 354 g/mol. The highest BCUT2D eigenvalue weighted by Crippen LogP contribution is 2.29. The van der Waals surface area contributed by atoms with Crippen LogP contribution in [0.3, 0.4) is 0 Å². The number of thioether (sulfide) groups is 1. The maximum atomic E-state index is 12.7. The Morgan fingerprint density at radius 1 is 1.08 bits per heavy atom. The smallest absolute Gasteiger partial charge is 0.237 e. The van der Waals surface area contributed by atoms with E-state index in [-0.39, 0.29) is 24.6 Å². The number of amides is 2. The van der Waals surface area contributed by atoms with Gasteiger partial charge in [-0.25, -0.2) is 4.98 Å². The van der Waals surface area contributed by atoms with Crippen molar-refractivity contribution < 1.29 is 9.59 Å². The van der Waals surface area contributed by atoms with Crippen LogP contribution in [0.2, 0.25) is 0 Å². The predicted octanol–water partition coefficient (Wildman–Crippen LogP) is 3.30. The first-order chi connectivity index (χ1) is 12.1. The number of thiazole rings is 1. The molecule has 1 aromatic heterocycles. The molecule has 128 valence electrons. The monoisotopic (exact) mass is 371 g/mol. The van der Waals surface area contributed by atoms with Crippen LogP contribution in [-0.2, 0) is 9.59 Å². The van der Waals surface area contributed by atoms with Crippen molar-refractivity contribution in [3.63, 3.8) is 0 Å². The number of hydrogen-bond donors (Lipinski definition) is 1. The van der Waals surface area contributed by atoms with Gasteiger partial charge in [-0.1, -0.05) is 42.1 Å². The van der Waals surface area contributed by atoms with Crippen LogP contribution in [0.25, 0.3) is 10.2 Å². The lowest BCUT2D eigenvalue weighted by Gasteiger charge is -2.22. The molecule has 0 radical (unpaired) electrons. The van der Waals surface area contributed by atoms with Crippen molar-refractivity contribution in [2.75, 3.05) is 17.2 Å². The van der Waals surface area contributed by atoms with Crippen LogP contribution in [0.5, 0.6) is 0 Å². The van der Waals surface area contributed by atoms with Crippen molar-refractivity contribution in [2.24, 2.45) is 5.73 Å². The minimum absolute atomic E-state index is 0.0725. The number of rotatable bonds is 7. The number of nitrogens with zero attached hydrogens (tertiary/aromatic N) is 2. The number of fused-ring (bicyclic) bond motifs is 1. The number of carbonyl (C=O) groups is 2. The fourth-order valence-corrected chi connectivity index (χ4v) is 4.29. The number of hydrogen-bond acceptors (Lipinski definition) is 5. The van der Waals surface area contributed by atoms with Crippen molar-refractivity contribution in [3.05, 3.63) is 54.6 Å². The lowest BCUT2D eigenvalue weighted by atomic mass is 10.2. The maximum Gasteiger partial charge on any atom is 0.237 e. The quantitative estimate of drug-likeness (QED) is 0.647. The van der Waals surface area contributed by atoms with Gasteiger partial charge < -0.3 is 10.6 Å². The van der Waals surface area contributed by atoms with Gasteiger partial charge in [0.2, 0.25) is 11.8 Å². The van der Waals surface area contributed by atoms with Crippen LogP contribution in [0.1, 0.15) is 6.42 Å². The summed E-state index contributed by atoms with van der Waals surface area (Å²) in [6, 6.07) is 17.2. The van der Waals surface area contributed by atoms with Gasteiger partial charge in [-0.2, -0.15) is 0 Å². The number of anilines is 1.